The van der Waals surface area contributed by atoms with E-state index in [1.54, 1.807) is 0 Å². The first-order valence-electron chi connectivity index (χ1n) is 5.85. The molecule has 0 amide bonds. The summed E-state index contributed by atoms with van der Waals surface area (Å²) in [7, 11) is 0. The smallest absolute Gasteiger partial charge is 0.0390 e. The Balaban J connectivity index is 2.19. The molecule has 1 aliphatic carbocycles. The van der Waals surface area contributed by atoms with Gasteiger partial charge in [0, 0.05) is 11.3 Å². The first kappa shape index (κ1) is 10.3. The van der Waals surface area contributed by atoms with Crippen LogP contribution in [0.2, 0.25) is 0 Å². The molecule has 1 aromatic rings. The van der Waals surface area contributed by atoms with Gasteiger partial charge in [-0.15, -0.1) is 0 Å². The molecule has 0 saturated heterocycles. The Bertz CT molecular complexity index is 365. The number of benzene rings is 1. The predicted octanol–water partition coefficient (Wildman–Crippen LogP) is 3.86. The molecule has 80 valence electrons. The number of allylic oxidation sites excluding steroid dienone is 2. The summed E-state index contributed by atoms with van der Waals surface area (Å²) in [6.45, 7) is 2.28. The van der Waals surface area contributed by atoms with Crippen molar-refractivity contribution in [2.75, 3.05) is 5.73 Å². The molecular weight excluding hydrogens is 182 g/mol. The molecule has 1 aromatic carbocycles. The molecule has 1 heteroatoms. The molecule has 15 heavy (non-hydrogen) atoms. The number of nitrogens with two attached hydrogens (primary N) is 1. The predicted molar refractivity (Wildman–Crippen MR) is 66.5 cm³/mol. The molecule has 1 unspecified atom stereocenters. The van der Waals surface area contributed by atoms with Crippen LogP contribution in [0.25, 0.3) is 5.57 Å². The second-order valence-corrected chi connectivity index (χ2v) is 4.37. The minimum absolute atomic E-state index is 0.888. The third-order valence-corrected chi connectivity index (χ3v) is 3.40. The van der Waals surface area contributed by atoms with Gasteiger partial charge in [-0.3, -0.25) is 0 Å². The van der Waals surface area contributed by atoms with Crippen LogP contribution in [0.3, 0.4) is 0 Å². The zero-order valence-electron chi connectivity index (χ0n) is 9.37. The molecule has 0 bridgehead atoms. The Morgan fingerprint density at radius 1 is 1.33 bits per heavy atom. The van der Waals surface area contributed by atoms with Crippen molar-refractivity contribution >= 4 is 11.3 Å². The highest BCUT2D eigenvalue weighted by atomic mass is 14.6. The van der Waals surface area contributed by atoms with Gasteiger partial charge in [0.15, 0.2) is 0 Å². The van der Waals surface area contributed by atoms with Crippen molar-refractivity contribution in [1.29, 1.82) is 0 Å². The van der Waals surface area contributed by atoms with E-state index in [1.165, 1.54) is 36.8 Å². The lowest BCUT2D eigenvalue weighted by Gasteiger charge is -2.21. The fraction of sp³-hybridized carbons (Fsp3) is 0.429. The molecule has 0 spiro atoms. The Labute approximate surface area is 92.0 Å². The maximum atomic E-state index is 5.98. The lowest BCUT2D eigenvalue weighted by Crippen LogP contribution is -2.05. The van der Waals surface area contributed by atoms with E-state index in [0.29, 0.717) is 0 Å². The molecule has 0 heterocycles. The van der Waals surface area contributed by atoms with Gasteiger partial charge < -0.3 is 5.73 Å². The number of hydrogen-bond acceptors (Lipinski definition) is 1. The summed E-state index contributed by atoms with van der Waals surface area (Å²) in [5.74, 6) is 0.888. The maximum Gasteiger partial charge on any atom is 0.0390 e. The summed E-state index contributed by atoms with van der Waals surface area (Å²) < 4.78 is 0. The maximum absolute atomic E-state index is 5.98. The molecule has 2 rings (SSSR count). The minimum Gasteiger partial charge on any atom is -0.398 e. The molecule has 1 nitrogen and oxygen atoms in total. The van der Waals surface area contributed by atoms with Crippen LogP contribution >= 0.6 is 0 Å². The number of nitrogen functional groups attached to an aromatic ring is 1. The second kappa shape index (κ2) is 4.52. The monoisotopic (exact) mass is 201 g/mol. The highest BCUT2D eigenvalue weighted by Gasteiger charge is 2.14. The van der Waals surface area contributed by atoms with Gasteiger partial charge in [0.25, 0.3) is 0 Å². The van der Waals surface area contributed by atoms with E-state index in [-0.39, 0.29) is 0 Å². The highest BCUT2D eigenvalue weighted by molar-refractivity contribution is 5.75. The van der Waals surface area contributed by atoms with E-state index >= 15 is 0 Å². The number of rotatable bonds is 2. The molecule has 2 N–H and O–H groups in total. The fourth-order valence-electron chi connectivity index (χ4n) is 2.29. The highest BCUT2D eigenvalue weighted by Crippen LogP contribution is 2.33. The van der Waals surface area contributed by atoms with Gasteiger partial charge in [0.2, 0.25) is 0 Å². The van der Waals surface area contributed by atoms with Crippen LogP contribution in [0.5, 0.6) is 0 Å². The average Bonchev–Trinajstić information content (AvgIpc) is 2.30. The molecule has 0 aliphatic heterocycles. The quantitative estimate of drug-likeness (QED) is 0.722. The van der Waals surface area contributed by atoms with Crippen molar-refractivity contribution < 1.29 is 0 Å². The Morgan fingerprint density at radius 2 is 2.13 bits per heavy atom. The zero-order chi connectivity index (χ0) is 10.7. The summed E-state index contributed by atoms with van der Waals surface area (Å²) >= 11 is 0. The van der Waals surface area contributed by atoms with Crippen molar-refractivity contribution in [3.05, 3.63) is 35.9 Å². The first-order chi connectivity index (χ1) is 7.31. The summed E-state index contributed by atoms with van der Waals surface area (Å²) in [6.07, 6.45) is 7.40. The SMILES string of the molecule is CCC1CC=C(c2ccccc2N)CC1. The minimum atomic E-state index is 0.888. The van der Waals surface area contributed by atoms with Gasteiger partial charge in [-0.05, 0) is 36.8 Å². The van der Waals surface area contributed by atoms with E-state index in [0.717, 1.165) is 11.6 Å². The van der Waals surface area contributed by atoms with Gasteiger partial charge in [-0.2, -0.15) is 0 Å². The van der Waals surface area contributed by atoms with Crippen LogP contribution in [0, 0.1) is 5.92 Å². The molecule has 0 saturated carbocycles. The lowest BCUT2D eigenvalue weighted by atomic mass is 9.85. The van der Waals surface area contributed by atoms with Gasteiger partial charge in [0.1, 0.15) is 0 Å². The molecule has 0 aromatic heterocycles. The number of para-hydroxylation sites is 1. The molecule has 1 aliphatic rings. The Morgan fingerprint density at radius 3 is 2.73 bits per heavy atom. The number of anilines is 1. The second-order valence-electron chi connectivity index (χ2n) is 4.37. The van der Waals surface area contributed by atoms with E-state index < -0.39 is 0 Å². The summed E-state index contributed by atoms with van der Waals surface area (Å²) in [5, 5.41) is 0. The standard InChI is InChI=1S/C14H19N/c1-2-11-7-9-12(10-8-11)13-5-3-4-6-14(13)15/h3-6,9,11H,2,7-8,10,15H2,1H3. The van der Waals surface area contributed by atoms with E-state index in [4.69, 9.17) is 5.73 Å². The van der Waals surface area contributed by atoms with E-state index in [2.05, 4.69) is 25.1 Å². The van der Waals surface area contributed by atoms with Gasteiger partial charge >= 0.3 is 0 Å². The fourth-order valence-corrected chi connectivity index (χ4v) is 2.29. The first-order valence-corrected chi connectivity index (χ1v) is 5.85. The zero-order valence-corrected chi connectivity index (χ0v) is 9.37. The van der Waals surface area contributed by atoms with Crippen molar-refractivity contribution in [3.63, 3.8) is 0 Å². The van der Waals surface area contributed by atoms with Crippen LogP contribution in [-0.4, -0.2) is 0 Å². The van der Waals surface area contributed by atoms with Crippen LogP contribution in [0.4, 0.5) is 5.69 Å². The molecule has 0 fully saturated rings. The summed E-state index contributed by atoms with van der Waals surface area (Å²) in [5.41, 5.74) is 9.58. The molecule has 0 radical (unpaired) electrons. The van der Waals surface area contributed by atoms with Gasteiger partial charge in [-0.25, -0.2) is 0 Å². The lowest BCUT2D eigenvalue weighted by molar-refractivity contribution is 0.471. The number of hydrogen-bond donors (Lipinski definition) is 1. The van der Waals surface area contributed by atoms with Crippen LogP contribution in [-0.2, 0) is 0 Å². The van der Waals surface area contributed by atoms with Crippen LogP contribution in [0.1, 0.15) is 38.2 Å². The van der Waals surface area contributed by atoms with Crippen molar-refractivity contribution in [1.82, 2.24) is 0 Å². The molecule has 1 atom stereocenters. The van der Waals surface area contributed by atoms with Crippen molar-refractivity contribution in [3.8, 4) is 0 Å². The van der Waals surface area contributed by atoms with Gasteiger partial charge in [0.05, 0.1) is 0 Å². The third-order valence-electron chi connectivity index (χ3n) is 3.40. The van der Waals surface area contributed by atoms with E-state index in [9.17, 15) is 0 Å². The summed E-state index contributed by atoms with van der Waals surface area (Å²) in [6, 6.07) is 8.19. The Hall–Kier alpha value is -1.24. The normalized spacial score (nSPS) is 21.1. The van der Waals surface area contributed by atoms with Crippen molar-refractivity contribution in [2.45, 2.75) is 32.6 Å². The largest absolute Gasteiger partial charge is 0.398 e. The average molecular weight is 201 g/mol. The van der Waals surface area contributed by atoms with Crippen LogP contribution in [0.15, 0.2) is 30.3 Å². The van der Waals surface area contributed by atoms with Crippen molar-refractivity contribution in [2.24, 2.45) is 5.92 Å². The van der Waals surface area contributed by atoms with Crippen LogP contribution < -0.4 is 5.73 Å². The Kier molecular flexibility index (Phi) is 3.10. The molecular formula is C14H19N. The van der Waals surface area contributed by atoms with Gasteiger partial charge in [-0.1, -0.05) is 37.6 Å². The third kappa shape index (κ3) is 2.23. The topological polar surface area (TPSA) is 26.0 Å². The van der Waals surface area contributed by atoms with E-state index in [1.807, 2.05) is 12.1 Å². The summed E-state index contributed by atoms with van der Waals surface area (Å²) in [4.78, 5) is 0.